The molecule has 4 aliphatic heterocycles. The number of aliphatic hydroxyl groups is 1. The summed E-state index contributed by atoms with van der Waals surface area (Å²) < 4.78 is 24.3. The van der Waals surface area contributed by atoms with E-state index in [2.05, 4.69) is 34.6 Å². The molecule has 2 saturated carbocycles. The van der Waals surface area contributed by atoms with Gasteiger partial charge in [0.05, 0.1) is 6.10 Å². The van der Waals surface area contributed by atoms with Crippen LogP contribution in [0.25, 0.3) is 0 Å². The molecule has 162 valence electrons. The lowest BCUT2D eigenvalue weighted by atomic mass is 9.46. The minimum absolute atomic E-state index is 0. The average Bonchev–Trinajstić information content (AvgIpc) is 3.55. The van der Waals surface area contributed by atoms with E-state index >= 15 is 0 Å². The fourth-order valence-corrected chi connectivity index (χ4v) is 7.70. The van der Waals surface area contributed by atoms with Crippen molar-refractivity contribution in [3.05, 3.63) is 11.1 Å². The van der Waals surface area contributed by atoms with Gasteiger partial charge in [0.2, 0.25) is 0 Å². The minimum atomic E-state index is -0.654. The summed E-state index contributed by atoms with van der Waals surface area (Å²) in [6.45, 7) is 11.2. The summed E-state index contributed by atoms with van der Waals surface area (Å²) in [5.41, 5.74) is 0.230. The molecule has 0 radical (unpaired) electrons. The van der Waals surface area contributed by atoms with Crippen molar-refractivity contribution < 1.29 is 30.3 Å². The van der Waals surface area contributed by atoms with E-state index in [0.717, 1.165) is 30.4 Å². The zero-order valence-corrected chi connectivity index (χ0v) is 18.0. The van der Waals surface area contributed by atoms with Crippen molar-refractivity contribution in [2.75, 3.05) is 6.61 Å². The Labute approximate surface area is 173 Å². The Morgan fingerprint density at radius 1 is 1.21 bits per heavy atom. The maximum absolute atomic E-state index is 12.1. The maximum Gasteiger partial charge on any atom is 0.334 e. The molecule has 6 nitrogen and oxygen atoms in total. The summed E-state index contributed by atoms with van der Waals surface area (Å²) >= 11 is 0. The van der Waals surface area contributed by atoms with E-state index in [1.807, 2.05) is 0 Å². The van der Waals surface area contributed by atoms with Gasteiger partial charge in [0, 0.05) is 12.4 Å². The number of cyclic esters (lactones) is 1. The Morgan fingerprint density at radius 3 is 2.62 bits per heavy atom. The molecular weight excluding hydrogens is 372 g/mol. The summed E-state index contributed by atoms with van der Waals surface area (Å²) in [6.07, 6.45) is 2.96. The van der Waals surface area contributed by atoms with Crippen molar-refractivity contribution >= 4 is 5.97 Å². The Morgan fingerprint density at radius 2 is 1.93 bits per heavy atom. The summed E-state index contributed by atoms with van der Waals surface area (Å²) in [5, 5.41) is 11.4. The Hall–Kier alpha value is -0.950. The molecule has 0 aromatic carbocycles. The van der Waals surface area contributed by atoms with Crippen LogP contribution < -0.4 is 0 Å². The van der Waals surface area contributed by atoms with Crippen LogP contribution in [0.4, 0.5) is 0 Å². The summed E-state index contributed by atoms with van der Waals surface area (Å²) in [6, 6.07) is 0. The molecule has 29 heavy (non-hydrogen) atoms. The standard InChI is InChI=1S/C20H24O6.C3H8.H2/c1-8(2)18-13(25-18)14-20(26-14)17(3)5-4-9-10(7-23-15(9)21)11(17)6-12-19(20,24-12)16(18)22;1-3-2;/h8,11-14,16,22H,4-7H2,1-3H3;3H2,1-2H3;1H/t11-,12-,13-,14-,16+,17-,18-,19+,20+;;/m0../s1. The van der Waals surface area contributed by atoms with E-state index in [1.165, 1.54) is 6.42 Å². The molecule has 0 amide bonds. The van der Waals surface area contributed by atoms with Gasteiger partial charge in [-0.25, -0.2) is 4.79 Å². The first-order chi connectivity index (χ1) is 13.8. The van der Waals surface area contributed by atoms with Crippen LogP contribution in [-0.4, -0.2) is 58.9 Å². The number of fused-ring (bicyclic) bond motifs is 4. The van der Waals surface area contributed by atoms with Gasteiger partial charge in [0.1, 0.15) is 36.1 Å². The molecular formula is C23H34O6. The van der Waals surface area contributed by atoms with Gasteiger partial charge in [-0.15, -0.1) is 0 Å². The van der Waals surface area contributed by atoms with Crippen molar-refractivity contribution in [3.63, 3.8) is 0 Å². The van der Waals surface area contributed by atoms with Crippen LogP contribution in [0.5, 0.6) is 0 Å². The number of epoxide rings is 3. The highest BCUT2D eigenvalue weighted by molar-refractivity contribution is 5.92. The number of aliphatic hydroxyl groups excluding tert-OH is 1. The molecule has 5 fully saturated rings. The molecule has 0 aromatic rings. The van der Waals surface area contributed by atoms with E-state index in [-0.39, 0.29) is 43.0 Å². The number of rotatable bonds is 1. The molecule has 3 aliphatic carbocycles. The van der Waals surface area contributed by atoms with Gasteiger partial charge < -0.3 is 24.1 Å². The van der Waals surface area contributed by atoms with E-state index < -0.39 is 22.9 Å². The zero-order chi connectivity index (χ0) is 20.6. The third-order valence-electron chi connectivity index (χ3n) is 9.10. The van der Waals surface area contributed by atoms with Gasteiger partial charge in [0.25, 0.3) is 0 Å². The second-order valence-electron chi connectivity index (χ2n) is 10.6. The number of esters is 1. The third-order valence-corrected chi connectivity index (χ3v) is 9.10. The lowest BCUT2D eigenvalue weighted by molar-refractivity contribution is -0.136. The van der Waals surface area contributed by atoms with Gasteiger partial charge in [-0.3, -0.25) is 0 Å². The Bertz CT molecular complexity index is 842. The fraction of sp³-hybridized carbons (Fsp3) is 0.870. The highest BCUT2D eigenvalue weighted by Crippen LogP contribution is 2.82. The van der Waals surface area contributed by atoms with Crippen molar-refractivity contribution in [2.45, 2.75) is 102 Å². The number of carbonyl (C=O) groups is 1. The maximum atomic E-state index is 12.1. The van der Waals surface area contributed by atoms with Crippen molar-refractivity contribution in [1.29, 1.82) is 0 Å². The molecule has 7 aliphatic rings. The molecule has 1 N–H and O–H groups in total. The van der Waals surface area contributed by atoms with Crippen molar-refractivity contribution in [3.8, 4) is 0 Å². The van der Waals surface area contributed by atoms with Crippen LogP contribution in [0, 0.1) is 17.3 Å². The molecule has 2 spiro atoms. The molecule has 0 aromatic heterocycles. The lowest BCUT2D eigenvalue weighted by Crippen LogP contribution is -2.69. The summed E-state index contributed by atoms with van der Waals surface area (Å²) in [4.78, 5) is 12.1. The number of hydrogen-bond donors (Lipinski definition) is 1. The van der Waals surface area contributed by atoms with Crippen LogP contribution in [0.3, 0.4) is 0 Å². The quantitative estimate of drug-likeness (QED) is 0.532. The molecule has 0 unspecified atom stereocenters. The number of ether oxygens (including phenoxy) is 4. The van der Waals surface area contributed by atoms with Gasteiger partial charge >= 0.3 is 5.97 Å². The normalized spacial score (nSPS) is 57.2. The number of carbonyl (C=O) groups excluding carboxylic acids is 1. The van der Waals surface area contributed by atoms with E-state index in [0.29, 0.717) is 6.61 Å². The molecule has 6 heteroatoms. The molecule has 7 rings (SSSR count). The first-order valence-corrected chi connectivity index (χ1v) is 11.4. The minimum Gasteiger partial charge on any atom is -0.458 e. The Kier molecular flexibility index (Phi) is 3.41. The van der Waals surface area contributed by atoms with Crippen LogP contribution >= 0.6 is 0 Å². The predicted molar refractivity (Wildman–Crippen MR) is 105 cm³/mol. The highest BCUT2D eigenvalue weighted by atomic mass is 16.7. The third kappa shape index (κ3) is 1.73. The smallest absolute Gasteiger partial charge is 0.334 e. The van der Waals surface area contributed by atoms with Gasteiger partial charge in [0.15, 0.2) is 5.60 Å². The van der Waals surface area contributed by atoms with E-state index in [4.69, 9.17) is 18.9 Å². The van der Waals surface area contributed by atoms with E-state index in [1.54, 1.807) is 0 Å². The monoisotopic (exact) mass is 406 g/mol. The molecule has 3 saturated heterocycles. The Balaban J connectivity index is 0.000000458. The molecule has 9 atom stereocenters. The summed E-state index contributed by atoms with van der Waals surface area (Å²) in [7, 11) is 0. The second kappa shape index (κ2) is 5.26. The number of hydrogen-bond acceptors (Lipinski definition) is 6. The largest absolute Gasteiger partial charge is 0.458 e. The van der Waals surface area contributed by atoms with Crippen molar-refractivity contribution in [1.82, 2.24) is 0 Å². The topological polar surface area (TPSA) is 84.1 Å². The fourth-order valence-electron chi connectivity index (χ4n) is 7.70. The summed E-state index contributed by atoms with van der Waals surface area (Å²) in [5.74, 6) is 0.297. The lowest BCUT2D eigenvalue weighted by Gasteiger charge is -2.53. The van der Waals surface area contributed by atoms with Gasteiger partial charge in [-0.2, -0.15) is 0 Å². The molecule has 4 heterocycles. The molecule has 0 bridgehead atoms. The van der Waals surface area contributed by atoms with Crippen LogP contribution in [0.2, 0.25) is 0 Å². The highest BCUT2D eigenvalue weighted by Gasteiger charge is 3.00. The second-order valence-corrected chi connectivity index (χ2v) is 10.6. The van der Waals surface area contributed by atoms with Crippen LogP contribution in [0.1, 0.15) is 61.7 Å². The average molecular weight is 407 g/mol. The first kappa shape index (κ1) is 18.8. The van der Waals surface area contributed by atoms with Gasteiger partial charge in [-0.05, 0) is 36.7 Å². The zero-order valence-electron chi connectivity index (χ0n) is 18.0. The SMILES string of the molecule is CC(C)[C@]12O[C@H]1[C@@H]1O[C@]13[C@]1(O[C@H]1C[C@H]1C4=C(CC[C@@]13C)C(=O)OC4)[C@@H]2O.CCC.[HH]. The van der Waals surface area contributed by atoms with Gasteiger partial charge in [-0.1, -0.05) is 41.0 Å². The van der Waals surface area contributed by atoms with Crippen molar-refractivity contribution in [2.24, 2.45) is 17.3 Å². The van der Waals surface area contributed by atoms with Crippen LogP contribution in [-0.2, 0) is 23.7 Å². The van der Waals surface area contributed by atoms with Crippen LogP contribution in [0.15, 0.2) is 11.1 Å². The predicted octanol–water partition coefficient (Wildman–Crippen LogP) is 2.77. The van der Waals surface area contributed by atoms with E-state index in [9.17, 15) is 9.90 Å². The first-order valence-electron chi connectivity index (χ1n) is 11.4.